The van der Waals surface area contributed by atoms with Crippen molar-refractivity contribution in [3.8, 4) is 0 Å². The van der Waals surface area contributed by atoms with E-state index in [4.69, 9.17) is 23.2 Å². The van der Waals surface area contributed by atoms with Gasteiger partial charge in [-0.1, -0.05) is 43.1 Å². The first-order valence-corrected chi connectivity index (χ1v) is 8.32. The standard InChI is InChI=1S/C17H21Cl2N3O/c1-12(2)9-22(13(3)23)11-17-20-6-7-21(17)10-14-4-5-15(18)16(19)8-14/h4-8,12H,9-11H2,1-3H3. The topological polar surface area (TPSA) is 38.1 Å². The smallest absolute Gasteiger partial charge is 0.219 e. The van der Waals surface area contributed by atoms with E-state index in [1.165, 1.54) is 0 Å². The van der Waals surface area contributed by atoms with Gasteiger partial charge in [-0.3, -0.25) is 4.79 Å². The number of carbonyl (C=O) groups is 1. The van der Waals surface area contributed by atoms with Crippen LogP contribution >= 0.6 is 23.2 Å². The Morgan fingerprint density at radius 3 is 2.65 bits per heavy atom. The summed E-state index contributed by atoms with van der Waals surface area (Å²) in [5.41, 5.74) is 1.04. The fourth-order valence-corrected chi connectivity index (χ4v) is 2.71. The van der Waals surface area contributed by atoms with E-state index >= 15 is 0 Å². The monoisotopic (exact) mass is 353 g/mol. The minimum absolute atomic E-state index is 0.0581. The molecule has 0 saturated heterocycles. The van der Waals surface area contributed by atoms with Crippen LogP contribution in [0, 0.1) is 5.92 Å². The predicted molar refractivity (Wildman–Crippen MR) is 93.7 cm³/mol. The molecule has 0 aliphatic heterocycles. The molecule has 1 aromatic heterocycles. The summed E-state index contributed by atoms with van der Waals surface area (Å²) in [4.78, 5) is 18.0. The van der Waals surface area contributed by atoms with Gasteiger partial charge in [-0.15, -0.1) is 0 Å². The quantitative estimate of drug-likeness (QED) is 0.778. The molecule has 124 valence electrons. The Kier molecular flexibility index (Phi) is 6.08. The maximum atomic E-state index is 11.8. The average Bonchev–Trinajstić information content (AvgIpc) is 2.89. The van der Waals surface area contributed by atoms with E-state index in [0.29, 0.717) is 29.1 Å². The zero-order valence-corrected chi connectivity index (χ0v) is 15.1. The summed E-state index contributed by atoms with van der Waals surface area (Å²) in [5.74, 6) is 1.33. The number of hydrogen-bond donors (Lipinski definition) is 0. The van der Waals surface area contributed by atoms with Crippen molar-refractivity contribution in [3.63, 3.8) is 0 Å². The van der Waals surface area contributed by atoms with Crippen molar-refractivity contribution in [1.29, 1.82) is 0 Å². The van der Waals surface area contributed by atoms with Crippen LogP contribution in [0.3, 0.4) is 0 Å². The van der Waals surface area contributed by atoms with Gasteiger partial charge in [-0.2, -0.15) is 0 Å². The van der Waals surface area contributed by atoms with Crippen molar-refractivity contribution in [2.45, 2.75) is 33.9 Å². The van der Waals surface area contributed by atoms with Gasteiger partial charge in [0, 0.05) is 32.4 Å². The Bertz CT molecular complexity index is 682. The predicted octanol–water partition coefficient (Wildman–Crippen LogP) is 4.24. The Balaban J connectivity index is 2.15. The highest BCUT2D eigenvalue weighted by molar-refractivity contribution is 6.42. The summed E-state index contributed by atoms with van der Waals surface area (Å²) in [5, 5.41) is 1.08. The van der Waals surface area contributed by atoms with Crippen LogP contribution in [0.4, 0.5) is 0 Å². The van der Waals surface area contributed by atoms with Crippen LogP contribution in [0.15, 0.2) is 30.6 Å². The van der Waals surface area contributed by atoms with Gasteiger partial charge in [0.2, 0.25) is 5.91 Å². The summed E-state index contributed by atoms with van der Waals surface area (Å²) >= 11 is 12.0. The number of imidazole rings is 1. The van der Waals surface area contributed by atoms with Gasteiger partial charge >= 0.3 is 0 Å². The summed E-state index contributed by atoms with van der Waals surface area (Å²) in [6.45, 7) is 7.64. The van der Waals surface area contributed by atoms with Gasteiger partial charge in [-0.25, -0.2) is 4.98 Å². The van der Waals surface area contributed by atoms with Crippen LogP contribution in [-0.4, -0.2) is 26.9 Å². The molecule has 1 aromatic carbocycles. The Morgan fingerprint density at radius 2 is 2.04 bits per heavy atom. The van der Waals surface area contributed by atoms with Gasteiger partial charge in [0.1, 0.15) is 5.82 Å². The van der Waals surface area contributed by atoms with Gasteiger partial charge < -0.3 is 9.47 Å². The first-order chi connectivity index (χ1) is 10.9. The maximum absolute atomic E-state index is 11.8. The zero-order valence-electron chi connectivity index (χ0n) is 13.6. The molecule has 4 nitrogen and oxygen atoms in total. The van der Waals surface area contributed by atoms with Gasteiger partial charge in [0.05, 0.1) is 16.6 Å². The molecule has 6 heteroatoms. The number of hydrogen-bond acceptors (Lipinski definition) is 2. The molecule has 0 radical (unpaired) electrons. The van der Waals surface area contributed by atoms with E-state index in [-0.39, 0.29) is 5.91 Å². The van der Waals surface area contributed by atoms with E-state index < -0.39 is 0 Å². The van der Waals surface area contributed by atoms with E-state index in [1.807, 2.05) is 27.8 Å². The molecule has 2 rings (SSSR count). The average molecular weight is 354 g/mol. The lowest BCUT2D eigenvalue weighted by atomic mass is 10.2. The van der Waals surface area contributed by atoms with Crippen molar-refractivity contribution >= 4 is 29.1 Å². The van der Waals surface area contributed by atoms with Crippen molar-refractivity contribution in [3.05, 3.63) is 52.0 Å². The highest BCUT2D eigenvalue weighted by atomic mass is 35.5. The van der Waals surface area contributed by atoms with Crippen molar-refractivity contribution in [1.82, 2.24) is 14.5 Å². The molecule has 0 atom stereocenters. The van der Waals surface area contributed by atoms with E-state index in [9.17, 15) is 4.79 Å². The van der Waals surface area contributed by atoms with Gasteiger partial charge in [-0.05, 0) is 23.6 Å². The molecule has 0 spiro atoms. The lowest BCUT2D eigenvalue weighted by Gasteiger charge is -2.23. The molecule has 1 amide bonds. The van der Waals surface area contributed by atoms with E-state index in [2.05, 4.69) is 18.8 Å². The number of carbonyl (C=O) groups excluding carboxylic acids is 1. The number of aromatic nitrogens is 2. The third kappa shape index (κ3) is 4.98. The van der Waals surface area contributed by atoms with Crippen LogP contribution in [0.25, 0.3) is 0 Å². The molecular formula is C17H21Cl2N3O. The fourth-order valence-electron chi connectivity index (χ4n) is 2.39. The van der Waals surface area contributed by atoms with Crippen LogP contribution in [0.1, 0.15) is 32.2 Å². The second kappa shape index (κ2) is 7.84. The van der Waals surface area contributed by atoms with Crippen LogP contribution in [0.5, 0.6) is 0 Å². The van der Waals surface area contributed by atoms with Crippen molar-refractivity contribution in [2.24, 2.45) is 5.92 Å². The van der Waals surface area contributed by atoms with Crippen molar-refractivity contribution < 1.29 is 4.79 Å². The lowest BCUT2D eigenvalue weighted by Crippen LogP contribution is -2.32. The van der Waals surface area contributed by atoms with E-state index in [1.54, 1.807) is 19.2 Å². The molecule has 23 heavy (non-hydrogen) atoms. The Hall–Kier alpha value is -1.52. The number of benzene rings is 1. The highest BCUT2D eigenvalue weighted by Crippen LogP contribution is 2.23. The minimum Gasteiger partial charge on any atom is -0.335 e. The number of amides is 1. The molecule has 0 bridgehead atoms. The number of rotatable bonds is 6. The fraction of sp³-hybridized carbons (Fsp3) is 0.412. The highest BCUT2D eigenvalue weighted by Gasteiger charge is 2.14. The molecule has 0 aliphatic carbocycles. The van der Waals surface area contributed by atoms with Gasteiger partial charge in [0.15, 0.2) is 0 Å². The molecule has 0 fully saturated rings. The van der Waals surface area contributed by atoms with Crippen molar-refractivity contribution in [2.75, 3.05) is 6.54 Å². The zero-order chi connectivity index (χ0) is 17.0. The molecule has 2 aromatic rings. The number of nitrogens with zero attached hydrogens (tertiary/aromatic N) is 3. The second-order valence-corrected chi connectivity index (χ2v) is 6.83. The van der Waals surface area contributed by atoms with Crippen LogP contribution < -0.4 is 0 Å². The SMILES string of the molecule is CC(=O)N(Cc1nccn1Cc1ccc(Cl)c(Cl)c1)CC(C)C. The lowest BCUT2D eigenvalue weighted by molar-refractivity contribution is -0.130. The van der Waals surface area contributed by atoms with Crippen LogP contribution in [-0.2, 0) is 17.9 Å². The summed E-state index contributed by atoms with van der Waals surface area (Å²) in [7, 11) is 0. The molecule has 0 aliphatic rings. The minimum atomic E-state index is 0.0581. The van der Waals surface area contributed by atoms with Gasteiger partial charge in [0.25, 0.3) is 0 Å². The Labute approximate surface area is 147 Å². The maximum Gasteiger partial charge on any atom is 0.219 e. The first-order valence-electron chi connectivity index (χ1n) is 7.56. The molecule has 0 unspecified atom stereocenters. The van der Waals surface area contributed by atoms with Crippen LogP contribution in [0.2, 0.25) is 10.0 Å². The second-order valence-electron chi connectivity index (χ2n) is 6.01. The normalized spacial score (nSPS) is 11.0. The molecule has 0 saturated carbocycles. The summed E-state index contributed by atoms with van der Waals surface area (Å²) in [6.07, 6.45) is 3.66. The third-order valence-corrected chi connectivity index (χ3v) is 4.24. The molecule has 1 heterocycles. The largest absolute Gasteiger partial charge is 0.335 e. The first kappa shape index (κ1) is 17.8. The molecule has 0 N–H and O–H groups in total. The third-order valence-electron chi connectivity index (χ3n) is 3.50. The summed E-state index contributed by atoms with van der Waals surface area (Å²) in [6, 6.07) is 5.58. The van der Waals surface area contributed by atoms with E-state index in [0.717, 1.165) is 17.9 Å². The number of halogens is 2. The Morgan fingerprint density at radius 1 is 1.30 bits per heavy atom. The molecular weight excluding hydrogens is 333 g/mol. The summed E-state index contributed by atoms with van der Waals surface area (Å²) < 4.78 is 2.02.